The van der Waals surface area contributed by atoms with E-state index in [-0.39, 0.29) is 16.9 Å². The van der Waals surface area contributed by atoms with Crippen LogP contribution in [0.5, 0.6) is 0 Å². The molecule has 1 aliphatic heterocycles. The van der Waals surface area contributed by atoms with Gasteiger partial charge >= 0.3 is 0 Å². The third kappa shape index (κ3) is 3.82. The van der Waals surface area contributed by atoms with Crippen molar-refractivity contribution < 1.29 is 4.79 Å². The molecule has 142 valence electrons. The highest BCUT2D eigenvalue weighted by Crippen LogP contribution is 2.38. The van der Waals surface area contributed by atoms with Crippen molar-refractivity contribution in [2.45, 2.75) is 51.5 Å². The van der Waals surface area contributed by atoms with Crippen molar-refractivity contribution in [3.05, 3.63) is 63.6 Å². The lowest BCUT2D eigenvalue weighted by molar-refractivity contribution is 0.0458. The molecule has 1 saturated heterocycles. The molecule has 0 N–H and O–H groups in total. The van der Waals surface area contributed by atoms with E-state index in [1.807, 2.05) is 35.2 Å². The van der Waals surface area contributed by atoms with E-state index in [0.717, 1.165) is 11.3 Å². The predicted molar refractivity (Wildman–Crippen MR) is 105 cm³/mol. The van der Waals surface area contributed by atoms with Gasteiger partial charge in [0.05, 0.1) is 12.2 Å². The topological polar surface area (TPSA) is 55.2 Å². The van der Waals surface area contributed by atoms with Crippen LogP contribution in [0.1, 0.15) is 61.1 Å². The van der Waals surface area contributed by atoms with Gasteiger partial charge in [-0.1, -0.05) is 32.9 Å². The van der Waals surface area contributed by atoms with E-state index in [0.29, 0.717) is 31.5 Å². The zero-order chi connectivity index (χ0) is 19.2. The Hall–Kier alpha value is -2.43. The fourth-order valence-electron chi connectivity index (χ4n) is 3.58. The van der Waals surface area contributed by atoms with E-state index >= 15 is 0 Å². The zero-order valence-electron chi connectivity index (χ0n) is 16.3. The Balaban J connectivity index is 1.36. The van der Waals surface area contributed by atoms with E-state index in [2.05, 4.69) is 25.9 Å². The summed E-state index contributed by atoms with van der Waals surface area (Å²) in [4.78, 5) is 26.6. The van der Waals surface area contributed by atoms with Crippen LogP contribution in [0.25, 0.3) is 0 Å². The van der Waals surface area contributed by atoms with Gasteiger partial charge < -0.3 is 4.90 Å². The smallest absolute Gasteiger partial charge is 0.266 e. The van der Waals surface area contributed by atoms with E-state index in [4.69, 9.17) is 0 Å². The molecule has 1 aromatic heterocycles. The van der Waals surface area contributed by atoms with Crippen LogP contribution in [-0.4, -0.2) is 33.7 Å². The summed E-state index contributed by atoms with van der Waals surface area (Å²) in [6.07, 6.45) is 2.34. The SMILES string of the molecule is CC(C)(C)c1ccc(C(=O)N2CC(Cn3nc(C4CC4)ccc3=O)C2)cc1. The van der Waals surface area contributed by atoms with Crippen LogP contribution in [0.3, 0.4) is 0 Å². The van der Waals surface area contributed by atoms with Gasteiger partial charge in [0.1, 0.15) is 0 Å². The molecule has 1 saturated carbocycles. The Bertz CT molecular complexity index is 898. The minimum atomic E-state index is -0.0538. The number of aromatic nitrogens is 2. The van der Waals surface area contributed by atoms with Crippen molar-refractivity contribution in [3.8, 4) is 0 Å². The molecular weight excluding hydrogens is 338 g/mol. The van der Waals surface area contributed by atoms with E-state index < -0.39 is 0 Å². The monoisotopic (exact) mass is 365 g/mol. The van der Waals surface area contributed by atoms with Gasteiger partial charge in [-0.15, -0.1) is 0 Å². The lowest BCUT2D eigenvalue weighted by atomic mass is 9.86. The number of hydrogen-bond donors (Lipinski definition) is 0. The second kappa shape index (κ2) is 6.63. The first-order chi connectivity index (χ1) is 12.8. The van der Waals surface area contributed by atoms with Crippen LogP contribution in [0.4, 0.5) is 0 Å². The molecule has 2 fully saturated rings. The predicted octanol–water partition coefficient (Wildman–Crippen LogP) is 3.19. The molecule has 0 atom stereocenters. The van der Waals surface area contributed by atoms with Crippen molar-refractivity contribution >= 4 is 5.91 Å². The number of likely N-dealkylation sites (tertiary alicyclic amines) is 1. The fourth-order valence-corrected chi connectivity index (χ4v) is 3.58. The van der Waals surface area contributed by atoms with Gasteiger partial charge in [0.25, 0.3) is 11.5 Å². The summed E-state index contributed by atoms with van der Waals surface area (Å²) in [5.74, 6) is 0.897. The van der Waals surface area contributed by atoms with Gasteiger partial charge in [-0.25, -0.2) is 4.68 Å². The van der Waals surface area contributed by atoms with Crippen molar-refractivity contribution in [3.63, 3.8) is 0 Å². The molecular formula is C22H27N3O2. The number of carbonyl (C=O) groups excluding carboxylic acids is 1. The van der Waals surface area contributed by atoms with Gasteiger partial charge in [0, 0.05) is 36.6 Å². The second-order valence-corrected chi connectivity index (χ2v) is 8.96. The Morgan fingerprint density at radius 1 is 1.07 bits per heavy atom. The number of rotatable bonds is 4. The Morgan fingerprint density at radius 3 is 2.33 bits per heavy atom. The van der Waals surface area contributed by atoms with Crippen LogP contribution < -0.4 is 5.56 Å². The molecule has 0 bridgehead atoms. The Kier molecular flexibility index (Phi) is 4.41. The maximum absolute atomic E-state index is 12.6. The number of benzene rings is 1. The molecule has 2 aliphatic rings. The van der Waals surface area contributed by atoms with Crippen molar-refractivity contribution in [2.75, 3.05) is 13.1 Å². The summed E-state index contributed by atoms with van der Waals surface area (Å²) in [7, 11) is 0. The van der Waals surface area contributed by atoms with E-state index in [9.17, 15) is 9.59 Å². The van der Waals surface area contributed by atoms with Crippen LogP contribution in [0, 0.1) is 5.92 Å². The van der Waals surface area contributed by atoms with Gasteiger partial charge in [-0.2, -0.15) is 5.10 Å². The molecule has 5 heteroatoms. The number of amides is 1. The largest absolute Gasteiger partial charge is 0.338 e. The summed E-state index contributed by atoms with van der Waals surface area (Å²) in [5.41, 5.74) is 3.01. The Morgan fingerprint density at radius 2 is 1.74 bits per heavy atom. The summed E-state index contributed by atoms with van der Waals surface area (Å²) >= 11 is 0. The van der Waals surface area contributed by atoms with Gasteiger partial charge in [0.2, 0.25) is 0 Å². The lowest BCUT2D eigenvalue weighted by Crippen LogP contribution is -2.52. The summed E-state index contributed by atoms with van der Waals surface area (Å²) in [5, 5.41) is 4.52. The summed E-state index contributed by atoms with van der Waals surface area (Å²) in [6, 6.07) is 11.4. The molecule has 1 amide bonds. The normalized spacial score (nSPS) is 17.7. The highest BCUT2D eigenvalue weighted by Gasteiger charge is 2.32. The summed E-state index contributed by atoms with van der Waals surface area (Å²) in [6.45, 7) is 8.45. The van der Waals surface area contributed by atoms with Crippen LogP contribution in [-0.2, 0) is 12.0 Å². The van der Waals surface area contributed by atoms with E-state index in [1.54, 1.807) is 10.7 Å². The van der Waals surface area contributed by atoms with Gasteiger partial charge in [-0.3, -0.25) is 9.59 Å². The Labute approximate surface area is 160 Å². The van der Waals surface area contributed by atoms with E-state index in [1.165, 1.54) is 18.4 Å². The lowest BCUT2D eigenvalue weighted by Gasteiger charge is -2.39. The van der Waals surface area contributed by atoms with Crippen molar-refractivity contribution in [1.82, 2.24) is 14.7 Å². The van der Waals surface area contributed by atoms with Crippen LogP contribution in [0.2, 0.25) is 0 Å². The first-order valence-corrected chi connectivity index (χ1v) is 9.79. The highest BCUT2D eigenvalue weighted by atomic mass is 16.2. The third-order valence-electron chi connectivity index (χ3n) is 5.56. The molecule has 0 spiro atoms. The molecule has 2 aromatic rings. The summed E-state index contributed by atoms with van der Waals surface area (Å²) < 4.78 is 1.58. The molecule has 1 aliphatic carbocycles. The van der Waals surface area contributed by atoms with Crippen molar-refractivity contribution in [1.29, 1.82) is 0 Å². The second-order valence-electron chi connectivity index (χ2n) is 8.96. The highest BCUT2D eigenvalue weighted by molar-refractivity contribution is 5.94. The average molecular weight is 365 g/mol. The molecule has 5 nitrogen and oxygen atoms in total. The number of hydrogen-bond acceptors (Lipinski definition) is 3. The number of carbonyl (C=O) groups is 1. The maximum Gasteiger partial charge on any atom is 0.266 e. The fraction of sp³-hybridized carbons (Fsp3) is 0.500. The first kappa shape index (κ1) is 18.0. The molecule has 0 unspecified atom stereocenters. The first-order valence-electron chi connectivity index (χ1n) is 9.79. The minimum absolute atomic E-state index is 0.0538. The average Bonchev–Trinajstić information content (AvgIpc) is 3.43. The third-order valence-corrected chi connectivity index (χ3v) is 5.56. The van der Waals surface area contributed by atoms with Gasteiger partial charge in [-0.05, 0) is 42.0 Å². The maximum atomic E-state index is 12.6. The molecule has 1 aromatic carbocycles. The van der Waals surface area contributed by atoms with Gasteiger partial charge in [0.15, 0.2) is 0 Å². The standard InChI is InChI=1S/C22H27N3O2/c1-22(2,3)18-8-6-17(7-9-18)21(27)24-12-15(13-24)14-25-20(26)11-10-19(23-25)16-4-5-16/h6-11,15-16H,4-5,12-14H2,1-3H3. The number of nitrogens with zero attached hydrogens (tertiary/aromatic N) is 3. The van der Waals surface area contributed by atoms with Crippen LogP contribution >= 0.6 is 0 Å². The molecule has 0 radical (unpaired) electrons. The van der Waals surface area contributed by atoms with Crippen molar-refractivity contribution in [2.24, 2.45) is 5.92 Å². The molecule has 2 heterocycles. The van der Waals surface area contributed by atoms with Crippen LogP contribution in [0.15, 0.2) is 41.2 Å². The molecule has 4 rings (SSSR count). The quantitative estimate of drug-likeness (QED) is 0.836. The zero-order valence-corrected chi connectivity index (χ0v) is 16.3. The minimum Gasteiger partial charge on any atom is -0.338 e. The molecule has 27 heavy (non-hydrogen) atoms.